The highest BCUT2D eigenvalue weighted by atomic mass is 32.2. The van der Waals surface area contributed by atoms with Gasteiger partial charge in [-0.1, -0.05) is 0 Å². The zero-order valence-corrected chi connectivity index (χ0v) is 13.0. The van der Waals surface area contributed by atoms with Crippen LogP contribution in [-0.2, 0) is 10.0 Å². The molecule has 0 heterocycles. The maximum absolute atomic E-state index is 12.7. The number of nitrogen functional groups attached to an aromatic ring is 1. The van der Waals surface area contributed by atoms with Crippen LogP contribution in [0.3, 0.4) is 0 Å². The summed E-state index contributed by atoms with van der Waals surface area (Å²) in [7, 11) is -1.97. The molecule has 2 rings (SSSR count). The molecule has 1 aliphatic rings. The standard InChI is InChI=1S/C14H22N2O3S/c1-4-19-13-8-7-12(15)9-14(13)20(17,18)16(3)10(2)11-5-6-11/h7-11H,4-6,15H2,1-3H3. The number of hydrogen-bond donors (Lipinski definition) is 1. The molecular formula is C14H22N2O3S. The molecule has 1 saturated carbocycles. The third-order valence-electron chi connectivity index (χ3n) is 3.80. The van der Waals surface area contributed by atoms with E-state index in [4.69, 9.17) is 10.5 Å². The minimum atomic E-state index is -3.59. The van der Waals surface area contributed by atoms with Gasteiger partial charge in [-0.25, -0.2) is 8.42 Å². The summed E-state index contributed by atoms with van der Waals surface area (Å²) >= 11 is 0. The van der Waals surface area contributed by atoms with E-state index in [0.29, 0.717) is 24.0 Å². The maximum Gasteiger partial charge on any atom is 0.246 e. The number of hydrogen-bond acceptors (Lipinski definition) is 4. The molecule has 0 amide bonds. The van der Waals surface area contributed by atoms with Gasteiger partial charge in [-0.05, 0) is 50.8 Å². The van der Waals surface area contributed by atoms with E-state index in [1.165, 1.54) is 10.4 Å². The molecule has 20 heavy (non-hydrogen) atoms. The second-order valence-corrected chi connectivity index (χ2v) is 7.20. The number of nitrogens with zero attached hydrogens (tertiary/aromatic N) is 1. The molecule has 5 nitrogen and oxygen atoms in total. The van der Waals surface area contributed by atoms with Crippen LogP contribution in [0.2, 0.25) is 0 Å². The first-order valence-electron chi connectivity index (χ1n) is 6.88. The van der Waals surface area contributed by atoms with Crippen LogP contribution in [-0.4, -0.2) is 32.4 Å². The molecule has 2 N–H and O–H groups in total. The Kier molecular flexibility index (Phi) is 4.25. The summed E-state index contributed by atoms with van der Waals surface area (Å²) in [4.78, 5) is 0.148. The Morgan fingerprint density at radius 1 is 1.45 bits per heavy atom. The summed E-state index contributed by atoms with van der Waals surface area (Å²) in [6.07, 6.45) is 2.19. The lowest BCUT2D eigenvalue weighted by molar-refractivity contribution is 0.325. The van der Waals surface area contributed by atoms with Gasteiger partial charge in [0.25, 0.3) is 0 Å². The van der Waals surface area contributed by atoms with Crippen molar-refractivity contribution in [2.75, 3.05) is 19.4 Å². The second-order valence-electron chi connectivity index (χ2n) is 5.24. The van der Waals surface area contributed by atoms with E-state index in [1.54, 1.807) is 19.2 Å². The van der Waals surface area contributed by atoms with Crippen molar-refractivity contribution >= 4 is 15.7 Å². The Morgan fingerprint density at radius 2 is 2.10 bits per heavy atom. The lowest BCUT2D eigenvalue weighted by Crippen LogP contribution is -2.36. The molecule has 112 valence electrons. The fourth-order valence-electron chi connectivity index (χ4n) is 2.25. The van der Waals surface area contributed by atoms with Gasteiger partial charge in [0.05, 0.1) is 6.61 Å². The Hall–Kier alpha value is -1.27. The number of benzene rings is 1. The van der Waals surface area contributed by atoms with Crippen molar-refractivity contribution in [3.8, 4) is 5.75 Å². The van der Waals surface area contributed by atoms with Crippen LogP contribution in [0, 0.1) is 5.92 Å². The highest BCUT2D eigenvalue weighted by molar-refractivity contribution is 7.89. The lowest BCUT2D eigenvalue weighted by Gasteiger charge is -2.25. The van der Waals surface area contributed by atoms with Gasteiger partial charge in [-0.15, -0.1) is 0 Å². The minimum absolute atomic E-state index is 0.00379. The fourth-order valence-corrected chi connectivity index (χ4v) is 3.84. The lowest BCUT2D eigenvalue weighted by atomic mass is 10.2. The number of nitrogens with two attached hydrogens (primary N) is 1. The van der Waals surface area contributed by atoms with Gasteiger partial charge in [-0.3, -0.25) is 0 Å². The summed E-state index contributed by atoms with van der Waals surface area (Å²) in [5.41, 5.74) is 6.15. The fraction of sp³-hybridized carbons (Fsp3) is 0.571. The van der Waals surface area contributed by atoms with Gasteiger partial charge in [0.15, 0.2) is 0 Å². The smallest absolute Gasteiger partial charge is 0.246 e. The zero-order chi connectivity index (χ0) is 14.9. The largest absolute Gasteiger partial charge is 0.492 e. The summed E-state index contributed by atoms with van der Waals surface area (Å²) in [6.45, 7) is 4.18. The number of sulfonamides is 1. The highest BCUT2D eigenvalue weighted by Gasteiger charge is 2.37. The van der Waals surface area contributed by atoms with Gasteiger partial charge in [-0.2, -0.15) is 4.31 Å². The number of rotatable bonds is 6. The predicted octanol–water partition coefficient (Wildman–Crippen LogP) is 2.09. The monoisotopic (exact) mass is 298 g/mol. The van der Waals surface area contributed by atoms with Gasteiger partial charge >= 0.3 is 0 Å². The van der Waals surface area contributed by atoms with Crippen molar-refractivity contribution in [3.63, 3.8) is 0 Å². The summed E-state index contributed by atoms with van der Waals surface area (Å²) < 4.78 is 32.3. The SMILES string of the molecule is CCOc1ccc(N)cc1S(=O)(=O)N(C)C(C)C1CC1. The van der Waals surface area contributed by atoms with E-state index in [1.807, 2.05) is 13.8 Å². The van der Waals surface area contributed by atoms with E-state index in [2.05, 4.69) is 0 Å². The molecule has 1 aromatic carbocycles. The molecule has 0 aromatic heterocycles. The minimum Gasteiger partial charge on any atom is -0.492 e. The van der Waals surface area contributed by atoms with E-state index < -0.39 is 10.0 Å². The van der Waals surface area contributed by atoms with Gasteiger partial charge in [0.1, 0.15) is 10.6 Å². The van der Waals surface area contributed by atoms with Crippen molar-refractivity contribution in [2.45, 2.75) is 37.6 Å². The van der Waals surface area contributed by atoms with Crippen molar-refractivity contribution < 1.29 is 13.2 Å². The molecule has 0 aliphatic heterocycles. The zero-order valence-electron chi connectivity index (χ0n) is 12.2. The molecule has 0 bridgehead atoms. The van der Waals surface area contributed by atoms with Crippen molar-refractivity contribution in [1.82, 2.24) is 4.31 Å². The van der Waals surface area contributed by atoms with Crippen LogP contribution < -0.4 is 10.5 Å². The summed E-state index contributed by atoms with van der Waals surface area (Å²) in [5, 5.41) is 0. The summed E-state index contributed by atoms with van der Waals surface area (Å²) in [6, 6.07) is 4.72. The average molecular weight is 298 g/mol. The third kappa shape index (κ3) is 2.91. The van der Waals surface area contributed by atoms with Crippen LogP contribution in [0.4, 0.5) is 5.69 Å². The average Bonchev–Trinajstić information content (AvgIpc) is 3.23. The van der Waals surface area contributed by atoms with E-state index >= 15 is 0 Å². The molecule has 1 aromatic rings. The van der Waals surface area contributed by atoms with Crippen LogP contribution in [0.1, 0.15) is 26.7 Å². The van der Waals surface area contributed by atoms with Crippen molar-refractivity contribution in [1.29, 1.82) is 0 Å². The van der Waals surface area contributed by atoms with Gasteiger partial charge in [0, 0.05) is 18.8 Å². The highest BCUT2D eigenvalue weighted by Crippen LogP contribution is 2.37. The Balaban J connectivity index is 2.39. The van der Waals surface area contributed by atoms with Crippen molar-refractivity contribution in [2.24, 2.45) is 5.92 Å². The number of ether oxygens (including phenoxy) is 1. The first kappa shape index (κ1) is 15.1. The normalized spacial score (nSPS) is 17.2. The Bertz CT molecular complexity index is 582. The van der Waals surface area contributed by atoms with Crippen LogP contribution in [0.5, 0.6) is 5.75 Å². The molecule has 6 heteroatoms. The van der Waals surface area contributed by atoms with Crippen LogP contribution >= 0.6 is 0 Å². The first-order valence-corrected chi connectivity index (χ1v) is 8.32. The van der Waals surface area contributed by atoms with Gasteiger partial charge in [0.2, 0.25) is 10.0 Å². The summed E-state index contributed by atoms with van der Waals surface area (Å²) in [5.74, 6) is 0.822. The van der Waals surface area contributed by atoms with Crippen LogP contribution in [0.15, 0.2) is 23.1 Å². The molecule has 1 atom stereocenters. The molecule has 1 aliphatic carbocycles. The molecule has 0 spiro atoms. The molecule has 1 unspecified atom stereocenters. The first-order chi connectivity index (χ1) is 9.37. The third-order valence-corrected chi connectivity index (χ3v) is 5.77. The predicted molar refractivity (Wildman–Crippen MR) is 79.2 cm³/mol. The molecule has 1 fully saturated rings. The van der Waals surface area contributed by atoms with E-state index in [0.717, 1.165) is 12.8 Å². The number of anilines is 1. The molecular weight excluding hydrogens is 276 g/mol. The second kappa shape index (κ2) is 5.61. The topological polar surface area (TPSA) is 72.6 Å². The van der Waals surface area contributed by atoms with E-state index in [-0.39, 0.29) is 10.9 Å². The van der Waals surface area contributed by atoms with Gasteiger partial charge < -0.3 is 10.5 Å². The maximum atomic E-state index is 12.7. The quantitative estimate of drug-likeness (QED) is 0.816. The van der Waals surface area contributed by atoms with Crippen molar-refractivity contribution in [3.05, 3.63) is 18.2 Å². The molecule has 0 saturated heterocycles. The van der Waals surface area contributed by atoms with Crippen LogP contribution in [0.25, 0.3) is 0 Å². The molecule has 0 radical (unpaired) electrons. The Morgan fingerprint density at radius 3 is 2.65 bits per heavy atom. The Labute approximate surface area is 120 Å². The van der Waals surface area contributed by atoms with E-state index in [9.17, 15) is 8.42 Å².